The van der Waals surface area contributed by atoms with Crippen molar-refractivity contribution in [3.8, 4) is 0 Å². The van der Waals surface area contributed by atoms with Crippen molar-refractivity contribution >= 4 is 0 Å². The van der Waals surface area contributed by atoms with Crippen molar-refractivity contribution in [2.45, 2.75) is 31.7 Å². The molecule has 3 nitrogen and oxygen atoms in total. The van der Waals surface area contributed by atoms with Crippen LogP contribution in [0.1, 0.15) is 29.9 Å². The molecule has 2 rings (SSSR count). The van der Waals surface area contributed by atoms with Gasteiger partial charge in [-0.1, -0.05) is 29.8 Å². The topological polar surface area (TPSA) is 30.5 Å². The monoisotopic (exact) mass is 263 g/mol. The smallest absolute Gasteiger partial charge is 0.0700 e. The number of methoxy groups -OCH3 is 1. The second-order valence-electron chi connectivity index (χ2n) is 5.34. The predicted octanol–water partition coefficient (Wildman–Crippen LogP) is 2.49. The largest absolute Gasteiger partial charge is 0.382 e. The molecule has 1 aromatic rings. The van der Waals surface area contributed by atoms with E-state index < -0.39 is 0 Å². The van der Waals surface area contributed by atoms with Gasteiger partial charge in [-0.2, -0.15) is 0 Å². The first-order valence-corrected chi connectivity index (χ1v) is 7.16. The van der Waals surface area contributed by atoms with Gasteiger partial charge in [0.15, 0.2) is 0 Å². The molecule has 1 aliphatic carbocycles. The van der Waals surface area contributed by atoms with Crippen molar-refractivity contribution in [1.29, 1.82) is 0 Å². The minimum Gasteiger partial charge on any atom is -0.382 e. The van der Waals surface area contributed by atoms with E-state index in [1.54, 1.807) is 7.11 Å². The van der Waals surface area contributed by atoms with Crippen LogP contribution < -0.4 is 5.32 Å². The van der Waals surface area contributed by atoms with Crippen LogP contribution in [0, 0.1) is 6.92 Å². The number of ether oxygens (including phenoxy) is 2. The number of nitrogens with one attached hydrogen (secondary N) is 1. The molecular formula is C16H25NO2. The third-order valence-electron chi connectivity index (χ3n) is 3.76. The molecule has 0 unspecified atom stereocenters. The molecule has 1 saturated carbocycles. The molecule has 0 spiro atoms. The SMILES string of the molecule is COCCOCCNC1CC(c2cccc(C)c2)C1. The zero-order valence-electron chi connectivity index (χ0n) is 12.0. The number of hydrogen-bond acceptors (Lipinski definition) is 3. The van der Waals surface area contributed by atoms with Gasteiger partial charge in [-0.05, 0) is 31.2 Å². The van der Waals surface area contributed by atoms with E-state index in [0.29, 0.717) is 19.3 Å². The molecule has 0 bridgehead atoms. The Bertz CT molecular complexity index is 375. The first kappa shape index (κ1) is 14.5. The summed E-state index contributed by atoms with van der Waals surface area (Å²) >= 11 is 0. The average Bonchev–Trinajstić information content (AvgIpc) is 2.35. The molecule has 19 heavy (non-hydrogen) atoms. The van der Waals surface area contributed by atoms with Crippen molar-refractivity contribution in [1.82, 2.24) is 5.32 Å². The molecule has 3 heteroatoms. The highest BCUT2D eigenvalue weighted by Crippen LogP contribution is 2.36. The van der Waals surface area contributed by atoms with Crippen LogP contribution in [0.2, 0.25) is 0 Å². The lowest BCUT2D eigenvalue weighted by Crippen LogP contribution is -2.41. The third kappa shape index (κ3) is 4.60. The standard InChI is InChI=1S/C16H25NO2/c1-13-4-3-5-14(10-13)15-11-16(12-15)17-6-7-19-9-8-18-2/h3-5,10,15-17H,6-9,11-12H2,1-2H3. The average molecular weight is 263 g/mol. The van der Waals surface area contributed by atoms with Crippen LogP contribution in [0.5, 0.6) is 0 Å². The summed E-state index contributed by atoms with van der Waals surface area (Å²) in [6, 6.07) is 9.55. The normalized spacial score (nSPS) is 22.2. The van der Waals surface area contributed by atoms with Crippen molar-refractivity contribution in [3.05, 3.63) is 35.4 Å². The Morgan fingerprint density at radius 2 is 2.05 bits per heavy atom. The van der Waals surface area contributed by atoms with E-state index in [1.807, 2.05) is 0 Å². The van der Waals surface area contributed by atoms with Crippen LogP contribution in [0.15, 0.2) is 24.3 Å². The maximum absolute atomic E-state index is 5.43. The molecule has 0 atom stereocenters. The summed E-state index contributed by atoms with van der Waals surface area (Å²) in [6.07, 6.45) is 2.50. The lowest BCUT2D eigenvalue weighted by molar-refractivity contribution is 0.0694. The highest BCUT2D eigenvalue weighted by atomic mass is 16.5. The van der Waals surface area contributed by atoms with E-state index in [4.69, 9.17) is 9.47 Å². The lowest BCUT2D eigenvalue weighted by atomic mass is 9.75. The molecule has 1 aromatic carbocycles. The number of rotatable bonds is 8. The van der Waals surface area contributed by atoms with Crippen molar-refractivity contribution in [3.63, 3.8) is 0 Å². The van der Waals surface area contributed by atoms with Crippen molar-refractivity contribution in [2.75, 3.05) is 33.5 Å². The predicted molar refractivity (Wildman–Crippen MR) is 77.6 cm³/mol. The molecule has 1 N–H and O–H groups in total. The van der Waals surface area contributed by atoms with Crippen LogP contribution >= 0.6 is 0 Å². The molecule has 106 valence electrons. The highest BCUT2D eigenvalue weighted by molar-refractivity contribution is 5.27. The van der Waals surface area contributed by atoms with Gasteiger partial charge in [0.2, 0.25) is 0 Å². The maximum Gasteiger partial charge on any atom is 0.0700 e. The van der Waals surface area contributed by atoms with Gasteiger partial charge in [0.1, 0.15) is 0 Å². The van der Waals surface area contributed by atoms with E-state index in [1.165, 1.54) is 24.0 Å². The Labute approximate surface area is 116 Å². The summed E-state index contributed by atoms with van der Waals surface area (Å²) in [7, 11) is 1.70. The number of benzene rings is 1. The summed E-state index contributed by atoms with van der Waals surface area (Å²) in [4.78, 5) is 0. The van der Waals surface area contributed by atoms with Crippen LogP contribution in [0.25, 0.3) is 0 Å². The number of aryl methyl sites for hydroxylation is 1. The summed E-state index contributed by atoms with van der Waals surface area (Å²) < 4.78 is 10.4. The van der Waals surface area contributed by atoms with Crippen LogP contribution in [0.3, 0.4) is 0 Å². The van der Waals surface area contributed by atoms with Gasteiger partial charge in [0, 0.05) is 19.7 Å². The van der Waals surface area contributed by atoms with Gasteiger partial charge in [-0.25, -0.2) is 0 Å². The van der Waals surface area contributed by atoms with E-state index in [0.717, 1.165) is 19.1 Å². The second-order valence-corrected chi connectivity index (χ2v) is 5.34. The summed E-state index contributed by atoms with van der Waals surface area (Å²) in [5.74, 6) is 0.742. The Morgan fingerprint density at radius 1 is 1.21 bits per heavy atom. The molecule has 1 fully saturated rings. The Kier molecular flexibility index (Phi) is 5.83. The van der Waals surface area contributed by atoms with E-state index in [9.17, 15) is 0 Å². The van der Waals surface area contributed by atoms with Gasteiger partial charge >= 0.3 is 0 Å². The minimum atomic E-state index is 0.663. The first-order chi connectivity index (χ1) is 9.29. The molecular weight excluding hydrogens is 238 g/mol. The van der Waals surface area contributed by atoms with Gasteiger partial charge in [-0.15, -0.1) is 0 Å². The molecule has 0 heterocycles. The lowest BCUT2D eigenvalue weighted by Gasteiger charge is -2.36. The van der Waals surface area contributed by atoms with Gasteiger partial charge in [-0.3, -0.25) is 0 Å². The van der Waals surface area contributed by atoms with E-state index in [-0.39, 0.29) is 0 Å². The van der Waals surface area contributed by atoms with Crippen LogP contribution in [-0.4, -0.2) is 39.5 Å². The zero-order chi connectivity index (χ0) is 13.5. The number of hydrogen-bond donors (Lipinski definition) is 1. The molecule has 0 saturated heterocycles. The molecule has 0 aliphatic heterocycles. The third-order valence-corrected chi connectivity index (χ3v) is 3.76. The molecule has 0 amide bonds. The highest BCUT2D eigenvalue weighted by Gasteiger charge is 2.29. The Balaban J connectivity index is 1.56. The Hall–Kier alpha value is -0.900. The zero-order valence-corrected chi connectivity index (χ0v) is 12.0. The molecule has 1 aliphatic rings. The van der Waals surface area contributed by atoms with Gasteiger partial charge in [0.05, 0.1) is 19.8 Å². The van der Waals surface area contributed by atoms with Gasteiger partial charge < -0.3 is 14.8 Å². The van der Waals surface area contributed by atoms with Crippen molar-refractivity contribution in [2.24, 2.45) is 0 Å². The van der Waals surface area contributed by atoms with Gasteiger partial charge in [0.25, 0.3) is 0 Å². The summed E-state index contributed by atoms with van der Waals surface area (Å²) in [5.41, 5.74) is 2.86. The molecule has 0 radical (unpaired) electrons. The van der Waals surface area contributed by atoms with E-state index >= 15 is 0 Å². The first-order valence-electron chi connectivity index (χ1n) is 7.16. The van der Waals surface area contributed by atoms with Crippen LogP contribution in [-0.2, 0) is 9.47 Å². The minimum absolute atomic E-state index is 0.663. The quantitative estimate of drug-likeness (QED) is 0.731. The Morgan fingerprint density at radius 3 is 2.79 bits per heavy atom. The summed E-state index contributed by atoms with van der Waals surface area (Å²) in [6.45, 7) is 5.24. The van der Waals surface area contributed by atoms with Crippen molar-refractivity contribution < 1.29 is 9.47 Å². The fraction of sp³-hybridized carbons (Fsp3) is 0.625. The van der Waals surface area contributed by atoms with Crippen LogP contribution in [0.4, 0.5) is 0 Å². The van der Waals surface area contributed by atoms with E-state index in [2.05, 4.69) is 36.5 Å². The second kappa shape index (κ2) is 7.63. The maximum atomic E-state index is 5.43. The molecule has 0 aromatic heterocycles. The summed E-state index contributed by atoms with van der Waals surface area (Å²) in [5, 5.41) is 3.54. The fourth-order valence-electron chi connectivity index (χ4n) is 2.56. The fourth-order valence-corrected chi connectivity index (χ4v) is 2.56.